The molecule has 2 aromatic carbocycles. The van der Waals surface area contributed by atoms with Crippen LogP contribution in [0, 0.1) is 11.3 Å². The highest BCUT2D eigenvalue weighted by Crippen LogP contribution is 2.59. The van der Waals surface area contributed by atoms with Gasteiger partial charge in [-0.05, 0) is 34.6 Å². The molecule has 1 spiro atoms. The number of nitrogens with one attached hydrogen (secondary N) is 3. The molecule has 0 saturated carbocycles. The maximum Gasteiger partial charge on any atom is 0.250 e. The van der Waals surface area contributed by atoms with Crippen LogP contribution in [-0.4, -0.2) is 50.4 Å². The summed E-state index contributed by atoms with van der Waals surface area (Å²) in [6.07, 6.45) is -0.422. The van der Waals surface area contributed by atoms with Crippen LogP contribution in [0.4, 0.5) is 5.69 Å². The van der Waals surface area contributed by atoms with Crippen molar-refractivity contribution in [2.45, 2.75) is 77.5 Å². The lowest BCUT2D eigenvalue weighted by Gasteiger charge is -2.30. The third kappa shape index (κ3) is 4.58. The minimum Gasteiger partial charge on any atom is -0.469 e. The summed E-state index contributed by atoms with van der Waals surface area (Å²) in [4.78, 5) is 36.6. The summed E-state index contributed by atoms with van der Waals surface area (Å²) >= 11 is 0. The Balaban J connectivity index is 1.47. The van der Waals surface area contributed by atoms with Gasteiger partial charge in [0, 0.05) is 17.7 Å². The number of carbonyl (C=O) groups excluding carboxylic acids is 2. The van der Waals surface area contributed by atoms with Crippen molar-refractivity contribution in [3.8, 4) is 17.3 Å². The Morgan fingerprint density at radius 3 is 2.63 bits per heavy atom. The lowest BCUT2D eigenvalue weighted by Crippen LogP contribution is -2.53. The Morgan fingerprint density at radius 2 is 1.91 bits per heavy atom. The Kier molecular flexibility index (Phi) is 6.98. The number of anilines is 1. The third-order valence-corrected chi connectivity index (χ3v) is 9.04. The highest BCUT2D eigenvalue weighted by molar-refractivity contribution is 5.90. The number of aliphatic hydroxyl groups is 2. The first-order valence-corrected chi connectivity index (χ1v) is 15.4. The number of rotatable bonds is 5. The number of nitrogens with zero attached hydrogens (tertiary/aromatic N) is 2. The first kappa shape index (κ1) is 30.0. The van der Waals surface area contributed by atoms with Gasteiger partial charge in [-0.25, -0.2) is 9.97 Å². The van der Waals surface area contributed by atoms with Crippen molar-refractivity contribution in [3.05, 3.63) is 82.8 Å². The normalized spacial score (nSPS) is 23.7. The molecule has 0 aliphatic carbocycles. The van der Waals surface area contributed by atoms with Gasteiger partial charge in [-0.2, -0.15) is 0 Å². The highest BCUT2D eigenvalue weighted by atomic mass is 16.5. The molecule has 5 N–H and O–H groups in total. The number of aliphatic hydroxyl groups excluding tert-OH is 2. The predicted molar refractivity (Wildman–Crippen MR) is 166 cm³/mol. The average Bonchev–Trinajstić information content (AvgIpc) is 3.78. The van der Waals surface area contributed by atoms with Gasteiger partial charge in [0.2, 0.25) is 23.6 Å². The molecule has 7 rings (SSSR count). The molecule has 0 fully saturated rings. The van der Waals surface area contributed by atoms with E-state index in [1.54, 1.807) is 20.8 Å². The molecule has 0 saturated heterocycles. The first-order chi connectivity index (χ1) is 21.9. The molecule has 2 aromatic heterocycles. The van der Waals surface area contributed by atoms with Crippen molar-refractivity contribution < 1.29 is 33.4 Å². The second-order valence-electron chi connectivity index (χ2n) is 13.6. The van der Waals surface area contributed by atoms with Gasteiger partial charge < -0.3 is 39.7 Å². The minimum absolute atomic E-state index is 0.154. The second kappa shape index (κ2) is 10.7. The van der Waals surface area contributed by atoms with E-state index in [4.69, 9.17) is 18.6 Å². The van der Waals surface area contributed by atoms with Gasteiger partial charge in [-0.1, -0.05) is 65.0 Å². The van der Waals surface area contributed by atoms with Crippen LogP contribution in [0.3, 0.4) is 0 Å². The summed E-state index contributed by atoms with van der Waals surface area (Å²) in [5, 5.41) is 29.9. The van der Waals surface area contributed by atoms with Crippen molar-refractivity contribution in [2.24, 2.45) is 11.3 Å². The van der Waals surface area contributed by atoms with Gasteiger partial charge in [0.1, 0.15) is 41.3 Å². The van der Waals surface area contributed by atoms with E-state index in [1.807, 2.05) is 56.3 Å². The minimum atomic E-state index is -1.33. The molecular formula is C34H37N5O7. The maximum absolute atomic E-state index is 14.0. The molecule has 4 unspecified atom stereocenters. The molecule has 2 amide bonds. The van der Waals surface area contributed by atoms with Crippen LogP contribution < -0.4 is 20.7 Å². The van der Waals surface area contributed by atoms with Crippen LogP contribution in [0.5, 0.6) is 5.75 Å². The van der Waals surface area contributed by atoms with E-state index in [0.717, 1.165) is 22.4 Å². The van der Waals surface area contributed by atoms with E-state index in [2.05, 4.69) is 20.9 Å². The SMILES string of the molecule is CC(C)C1NC(=O)C(NC(=O)[C@@H](O)C(C)(C)C)Cc2ccc3c(c2)C2(c4ccccc4NC2O3)c2oc1nc2-c1nc(CO)co1. The van der Waals surface area contributed by atoms with Crippen LogP contribution in [-0.2, 0) is 28.0 Å². The summed E-state index contributed by atoms with van der Waals surface area (Å²) in [5.41, 5.74) is 2.18. The van der Waals surface area contributed by atoms with Crippen LogP contribution >= 0.6 is 0 Å². The van der Waals surface area contributed by atoms with Crippen molar-refractivity contribution in [1.82, 2.24) is 20.6 Å². The Hall–Kier alpha value is -4.68. The van der Waals surface area contributed by atoms with Crippen LogP contribution in [0.1, 0.15) is 74.7 Å². The standard InChI is InChI=1S/C34H37N5O7/c1-16(2)24-31-39-25(30-35-18(14-40)15-44-30)27(46-31)34-19-8-6-7-9-21(19)37-32(34)45-23-11-10-17(12-20(23)34)13-22(28(42)38-24)36-29(43)26(41)33(3,4)5/h6-12,15-16,22,24,26,32,37,40-41H,13-14H2,1-5H3,(H,36,43)(H,38,42)/t22?,24?,26-,32?,34?/m1/s1. The number of benzene rings is 2. The molecule has 240 valence electrons. The number of fused-ring (bicyclic) bond motifs is 4. The van der Waals surface area contributed by atoms with Crippen LogP contribution in [0.2, 0.25) is 0 Å². The summed E-state index contributed by atoms with van der Waals surface area (Å²) in [6, 6.07) is 11.8. The molecule has 5 heterocycles. The number of hydrogen-bond donors (Lipinski definition) is 5. The Morgan fingerprint density at radius 1 is 1.13 bits per heavy atom. The van der Waals surface area contributed by atoms with Gasteiger partial charge in [0.25, 0.3) is 0 Å². The zero-order valence-electron chi connectivity index (χ0n) is 26.2. The highest BCUT2D eigenvalue weighted by Gasteiger charge is 2.61. The average molecular weight is 628 g/mol. The lowest BCUT2D eigenvalue weighted by atomic mass is 9.72. The van der Waals surface area contributed by atoms with Gasteiger partial charge >= 0.3 is 0 Å². The molecule has 12 nitrogen and oxygen atoms in total. The number of ether oxygens (including phenoxy) is 1. The topological polar surface area (TPSA) is 172 Å². The summed E-state index contributed by atoms with van der Waals surface area (Å²) in [7, 11) is 0. The van der Waals surface area contributed by atoms with Crippen molar-refractivity contribution in [1.29, 1.82) is 0 Å². The van der Waals surface area contributed by atoms with Gasteiger partial charge in [0.15, 0.2) is 17.7 Å². The van der Waals surface area contributed by atoms with Crippen molar-refractivity contribution >= 4 is 17.5 Å². The number of carbonyl (C=O) groups is 2. The zero-order chi connectivity index (χ0) is 32.5. The molecule has 3 aliphatic rings. The molecule has 0 radical (unpaired) electrons. The second-order valence-corrected chi connectivity index (χ2v) is 13.6. The van der Waals surface area contributed by atoms with E-state index >= 15 is 0 Å². The molecule has 3 aliphatic heterocycles. The fraction of sp³-hybridized carbons (Fsp3) is 0.412. The van der Waals surface area contributed by atoms with Crippen molar-refractivity contribution in [3.63, 3.8) is 0 Å². The molecule has 5 atom stereocenters. The molecule has 46 heavy (non-hydrogen) atoms. The molecule has 12 heteroatoms. The number of aromatic nitrogens is 2. The number of oxazole rings is 2. The van der Waals surface area contributed by atoms with E-state index in [0.29, 0.717) is 22.9 Å². The maximum atomic E-state index is 14.0. The lowest BCUT2D eigenvalue weighted by molar-refractivity contribution is -0.138. The number of para-hydroxylation sites is 1. The summed E-state index contributed by atoms with van der Waals surface area (Å²) in [6.45, 7) is 8.81. The Bertz CT molecular complexity index is 1840. The summed E-state index contributed by atoms with van der Waals surface area (Å²) in [5.74, 6) is 0.141. The van der Waals surface area contributed by atoms with E-state index < -0.39 is 47.1 Å². The fourth-order valence-corrected chi connectivity index (χ4v) is 6.58. The number of hydrogen-bond acceptors (Lipinski definition) is 10. The van der Waals surface area contributed by atoms with E-state index in [1.165, 1.54) is 6.26 Å². The number of amides is 2. The van der Waals surface area contributed by atoms with Gasteiger partial charge in [-0.15, -0.1) is 0 Å². The molecule has 4 aromatic rings. The molecular weight excluding hydrogens is 590 g/mol. The predicted octanol–water partition coefficient (Wildman–Crippen LogP) is 3.56. The third-order valence-electron chi connectivity index (χ3n) is 9.04. The van der Waals surface area contributed by atoms with E-state index in [9.17, 15) is 19.8 Å². The first-order valence-electron chi connectivity index (χ1n) is 15.4. The zero-order valence-corrected chi connectivity index (χ0v) is 26.2. The van der Waals surface area contributed by atoms with Crippen LogP contribution in [0.15, 0.2) is 57.6 Å². The van der Waals surface area contributed by atoms with Crippen LogP contribution in [0.25, 0.3) is 11.6 Å². The summed E-state index contributed by atoms with van der Waals surface area (Å²) < 4.78 is 19.2. The van der Waals surface area contributed by atoms with Gasteiger partial charge in [-0.3, -0.25) is 9.59 Å². The smallest absolute Gasteiger partial charge is 0.250 e. The van der Waals surface area contributed by atoms with Gasteiger partial charge in [0.05, 0.1) is 6.61 Å². The van der Waals surface area contributed by atoms with E-state index in [-0.39, 0.29) is 30.7 Å². The van der Waals surface area contributed by atoms with Crippen molar-refractivity contribution in [2.75, 3.05) is 5.32 Å². The Labute approximate surface area is 265 Å². The monoisotopic (exact) mass is 627 g/mol. The quantitative estimate of drug-likeness (QED) is 0.220. The largest absolute Gasteiger partial charge is 0.469 e. The molecule has 4 bridgehead atoms. The fourth-order valence-electron chi connectivity index (χ4n) is 6.58.